The third kappa shape index (κ3) is 4.03. The molecule has 1 atom stereocenters. The fraction of sp³-hybridized carbons (Fsp3) is 0.652. The zero-order valence-electron chi connectivity index (χ0n) is 17.9. The number of carbonyl (C=O) groups is 2. The molecule has 5 heteroatoms. The molecule has 28 heavy (non-hydrogen) atoms. The highest BCUT2D eigenvalue weighted by molar-refractivity contribution is 5.94. The first-order chi connectivity index (χ1) is 13.5. The van der Waals surface area contributed by atoms with E-state index in [1.165, 1.54) is 5.56 Å². The maximum Gasteiger partial charge on any atom is 0.324 e. The number of anilines is 1. The predicted octanol–water partition coefficient (Wildman–Crippen LogP) is 4.16. The molecule has 2 aliphatic rings. The number of para-hydroxylation sites is 1. The van der Waals surface area contributed by atoms with Gasteiger partial charge in [-0.15, -0.1) is 0 Å². The van der Waals surface area contributed by atoms with Gasteiger partial charge in [0.05, 0.1) is 0 Å². The number of piperidine rings is 1. The smallest absolute Gasteiger partial charge is 0.324 e. The molecular weight excluding hydrogens is 350 g/mol. The second-order valence-electron chi connectivity index (χ2n) is 8.40. The molecule has 2 aliphatic heterocycles. The summed E-state index contributed by atoms with van der Waals surface area (Å²) in [5.74, 6) is 0.720. The van der Waals surface area contributed by atoms with E-state index >= 15 is 0 Å². The minimum absolute atomic E-state index is 0.0542. The zero-order chi connectivity index (χ0) is 20.3. The largest absolute Gasteiger partial charge is 0.343 e. The van der Waals surface area contributed by atoms with Crippen molar-refractivity contribution in [2.24, 2.45) is 11.8 Å². The number of rotatable bonds is 4. The standard InChI is InChI=1S/C23H35N3O2/c1-5-24(6-2)22(27)19-13-15-25(16-14-19)23(28)26-20(17(3)4)12-11-18-9-7-8-10-21(18)26/h7-10,17,19-20H,5-6,11-16H2,1-4H3. The summed E-state index contributed by atoms with van der Waals surface area (Å²) in [4.78, 5) is 32.1. The van der Waals surface area contributed by atoms with E-state index in [2.05, 4.69) is 32.0 Å². The van der Waals surface area contributed by atoms with Crippen molar-refractivity contribution in [3.05, 3.63) is 29.8 Å². The molecule has 1 fully saturated rings. The Hall–Kier alpha value is -2.04. The molecule has 0 bridgehead atoms. The monoisotopic (exact) mass is 385 g/mol. The molecule has 1 saturated heterocycles. The number of benzene rings is 1. The number of urea groups is 1. The van der Waals surface area contributed by atoms with Gasteiger partial charge >= 0.3 is 6.03 Å². The average molecular weight is 386 g/mol. The van der Waals surface area contributed by atoms with Crippen LogP contribution < -0.4 is 4.90 Å². The van der Waals surface area contributed by atoms with Gasteiger partial charge in [0.15, 0.2) is 0 Å². The lowest BCUT2D eigenvalue weighted by atomic mass is 9.89. The third-order valence-corrected chi connectivity index (χ3v) is 6.46. The number of likely N-dealkylation sites (tertiary alicyclic amines) is 1. The molecule has 1 aromatic rings. The van der Waals surface area contributed by atoms with Crippen LogP contribution in [0.3, 0.4) is 0 Å². The Morgan fingerprint density at radius 2 is 1.71 bits per heavy atom. The minimum Gasteiger partial charge on any atom is -0.343 e. The summed E-state index contributed by atoms with van der Waals surface area (Å²) in [5.41, 5.74) is 2.33. The minimum atomic E-state index is 0.0542. The van der Waals surface area contributed by atoms with Gasteiger partial charge in [0.1, 0.15) is 0 Å². The van der Waals surface area contributed by atoms with Crippen molar-refractivity contribution in [3.63, 3.8) is 0 Å². The van der Waals surface area contributed by atoms with Gasteiger partial charge < -0.3 is 9.80 Å². The van der Waals surface area contributed by atoms with Crippen LogP contribution >= 0.6 is 0 Å². The predicted molar refractivity (Wildman–Crippen MR) is 113 cm³/mol. The first kappa shape index (κ1) is 20.7. The summed E-state index contributed by atoms with van der Waals surface area (Å²) >= 11 is 0. The Bertz CT molecular complexity index is 691. The molecule has 0 radical (unpaired) electrons. The van der Waals surface area contributed by atoms with Crippen molar-refractivity contribution in [2.45, 2.75) is 59.4 Å². The van der Waals surface area contributed by atoms with Gasteiger partial charge in [-0.1, -0.05) is 32.0 Å². The van der Waals surface area contributed by atoms with Crippen LogP contribution in [0.15, 0.2) is 24.3 Å². The van der Waals surface area contributed by atoms with E-state index in [4.69, 9.17) is 0 Å². The van der Waals surface area contributed by atoms with E-state index in [1.807, 2.05) is 34.6 Å². The molecule has 0 spiro atoms. The highest BCUT2D eigenvalue weighted by atomic mass is 16.2. The molecule has 5 nitrogen and oxygen atoms in total. The van der Waals surface area contributed by atoms with Crippen LogP contribution in [-0.2, 0) is 11.2 Å². The van der Waals surface area contributed by atoms with Crippen LogP contribution in [0.25, 0.3) is 0 Å². The van der Waals surface area contributed by atoms with E-state index in [0.29, 0.717) is 19.0 Å². The number of fused-ring (bicyclic) bond motifs is 1. The van der Waals surface area contributed by atoms with Crippen molar-refractivity contribution in [1.82, 2.24) is 9.80 Å². The number of hydrogen-bond donors (Lipinski definition) is 0. The van der Waals surface area contributed by atoms with Gasteiger partial charge in [0.25, 0.3) is 0 Å². The molecular formula is C23H35N3O2. The highest BCUT2D eigenvalue weighted by Gasteiger charge is 2.37. The van der Waals surface area contributed by atoms with Crippen LogP contribution in [0, 0.1) is 11.8 Å². The molecule has 0 aliphatic carbocycles. The van der Waals surface area contributed by atoms with E-state index in [-0.39, 0.29) is 23.9 Å². The van der Waals surface area contributed by atoms with E-state index < -0.39 is 0 Å². The summed E-state index contributed by atoms with van der Waals surface area (Å²) < 4.78 is 0. The van der Waals surface area contributed by atoms with Gasteiger partial charge in [0, 0.05) is 43.8 Å². The molecule has 0 aromatic heterocycles. The summed E-state index contributed by atoms with van der Waals surface area (Å²) in [6.07, 6.45) is 3.58. The second kappa shape index (κ2) is 8.97. The highest BCUT2D eigenvalue weighted by Crippen LogP contribution is 2.35. The number of hydrogen-bond acceptors (Lipinski definition) is 2. The van der Waals surface area contributed by atoms with Crippen molar-refractivity contribution >= 4 is 17.6 Å². The normalized spacial score (nSPS) is 20.2. The maximum absolute atomic E-state index is 13.5. The van der Waals surface area contributed by atoms with Gasteiger partial charge in [-0.05, 0) is 57.1 Å². The number of carbonyl (C=O) groups excluding carboxylic acids is 2. The summed E-state index contributed by atoms with van der Waals surface area (Å²) in [5, 5.41) is 0. The number of aryl methyl sites for hydroxylation is 1. The van der Waals surface area contributed by atoms with Crippen LogP contribution in [0.4, 0.5) is 10.5 Å². The van der Waals surface area contributed by atoms with Gasteiger partial charge in [0.2, 0.25) is 5.91 Å². The van der Waals surface area contributed by atoms with Crippen molar-refractivity contribution < 1.29 is 9.59 Å². The Kier molecular flexibility index (Phi) is 6.63. The second-order valence-corrected chi connectivity index (χ2v) is 8.40. The number of nitrogens with zero attached hydrogens (tertiary/aromatic N) is 3. The molecule has 0 saturated carbocycles. The summed E-state index contributed by atoms with van der Waals surface area (Å²) in [7, 11) is 0. The van der Waals surface area contributed by atoms with Gasteiger partial charge in [-0.25, -0.2) is 4.79 Å². The molecule has 1 unspecified atom stereocenters. The van der Waals surface area contributed by atoms with Crippen LogP contribution in [0.2, 0.25) is 0 Å². The van der Waals surface area contributed by atoms with E-state index in [9.17, 15) is 9.59 Å². The Labute approximate surface area is 169 Å². The van der Waals surface area contributed by atoms with Crippen molar-refractivity contribution in [1.29, 1.82) is 0 Å². The third-order valence-electron chi connectivity index (χ3n) is 6.46. The average Bonchev–Trinajstić information content (AvgIpc) is 2.73. The lowest BCUT2D eigenvalue weighted by molar-refractivity contribution is -0.136. The zero-order valence-corrected chi connectivity index (χ0v) is 17.9. The molecule has 154 valence electrons. The molecule has 3 amide bonds. The van der Waals surface area contributed by atoms with Crippen molar-refractivity contribution in [2.75, 3.05) is 31.1 Å². The topological polar surface area (TPSA) is 43.9 Å². The van der Waals surface area contributed by atoms with Gasteiger partial charge in [-0.3, -0.25) is 9.69 Å². The van der Waals surface area contributed by atoms with Crippen LogP contribution in [-0.4, -0.2) is 54.0 Å². The summed E-state index contributed by atoms with van der Waals surface area (Å²) in [6.45, 7) is 11.3. The van der Waals surface area contributed by atoms with Crippen LogP contribution in [0.5, 0.6) is 0 Å². The molecule has 1 aromatic carbocycles. The maximum atomic E-state index is 13.5. The summed E-state index contributed by atoms with van der Waals surface area (Å²) in [6, 6.07) is 8.65. The molecule has 2 heterocycles. The molecule has 0 N–H and O–H groups in total. The Balaban J connectivity index is 1.72. The van der Waals surface area contributed by atoms with Crippen molar-refractivity contribution in [3.8, 4) is 0 Å². The lowest BCUT2D eigenvalue weighted by Gasteiger charge is -2.43. The SMILES string of the molecule is CCN(CC)C(=O)C1CCN(C(=O)N2c3ccccc3CCC2C(C)C)CC1. The molecule has 3 rings (SSSR count). The van der Waals surface area contributed by atoms with Crippen LogP contribution in [0.1, 0.15) is 52.5 Å². The first-order valence-corrected chi connectivity index (χ1v) is 10.9. The van der Waals surface area contributed by atoms with E-state index in [0.717, 1.165) is 44.5 Å². The quantitative estimate of drug-likeness (QED) is 0.781. The fourth-order valence-corrected chi connectivity index (χ4v) is 4.71. The Morgan fingerprint density at radius 3 is 2.32 bits per heavy atom. The Morgan fingerprint density at radius 1 is 1.07 bits per heavy atom. The van der Waals surface area contributed by atoms with Gasteiger partial charge in [-0.2, -0.15) is 0 Å². The lowest BCUT2D eigenvalue weighted by Crippen LogP contribution is -2.54. The van der Waals surface area contributed by atoms with E-state index in [1.54, 1.807) is 0 Å². The first-order valence-electron chi connectivity index (χ1n) is 10.9. The number of amides is 3. The fourth-order valence-electron chi connectivity index (χ4n) is 4.71.